The van der Waals surface area contributed by atoms with Gasteiger partial charge in [0.05, 0.1) is 23.2 Å². The van der Waals surface area contributed by atoms with Crippen molar-refractivity contribution in [1.82, 2.24) is 4.57 Å². The molecule has 1 N–H and O–H groups in total. The first-order valence-electron chi connectivity index (χ1n) is 9.58. The maximum absolute atomic E-state index is 12.6. The lowest BCUT2D eigenvalue weighted by Crippen LogP contribution is -2.20. The second-order valence-electron chi connectivity index (χ2n) is 6.76. The number of aromatic nitrogens is 1. The summed E-state index contributed by atoms with van der Waals surface area (Å²) in [5.41, 5.74) is 3.79. The van der Waals surface area contributed by atoms with E-state index in [4.69, 9.17) is 4.74 Å². The molecule has 2 amide bonds. The summed E-state index contributed by atoms with van der Waals surface area (Å²) in [6.07, 6.45) is 0.261. The molecule has 3 rings (SSSR count). The molecule has 0 bridgehead atoms. The van der Waals surface area contributed by atoms with Crippen molar-refractivity contribution in [3.05, 3.63) is 58.4 Å². The highest BCUT2D eigenvalue weighted by Crippen LogP contribution is 2.22. The number of hydrogen-bond donors (Lipinski definition) is 1. The van der Waals surface area contributed by atoms with Gasteiger partial charge in [0.25, 0.3) is 5.91 Å². The van der Waals surface area contributed by atoms with Gasteiger partial charge in [0.1, 0.15) is 0 Å². The molecule has 0 saturated heterocycles. The summed E-state index contributed by atoms with van der Waals surface area (Å²) in [5, 5.41) is 2.79. The Labute approximate surface area is 173 Å². The van der Waals surface area contributed by atoms with Crippen molar-refractivity contribution >= 4 is 39.1 Å². The molecule has 1 heterocycles. The smallest absolute Gasteiger partial charge is 0.252 e. The SMILES string of the molecule is CCOCCn1c(=NC(=O)Cc2ccc(C)cc2)sc2cc(NC(C)=O)ccc21. The second-order valence-corrected chi connectivity index (χ2v) is 7.77. The fourth-order valence-corrected chi connectivity index (χ4v) is 4.10. The van der Waals surface area contributed by atoms with E-state index in [0.717, 1.165) is 27.0 Å². The number of carbonyl (C=O) groups excluding carboxylic acids is 2. The van der Waals surface area contributed by atoms with Gasteiger partial charge in [0.15, 0.2) is 4.80 Å². The number of benzene rings is 2. The average Bonchev–Trinajstić information content (AvgIpc) is 2.99. The van der Waals surface area contributed by atoms with E-state index in [2.05, 4.69) is 10.3 Å². The van der Waals surface area contributed by atoms with Gasteiger partial charge in [0.2, 0.25) is 5.91 Å². The van der Waals surface area contributed by atoms with Gasteiger partial charge in [-0.25, -0.2) is 0 Å². The summed E-state index contributed by atoms with van der Waals surface area (Å²) in [5.74, 6) is -0.309. The molecule has 0 aliphatic carbocycles. The largest absolute Gasteiger partial charge is 0.380 e. The highest BCUT2D eigenvalue weighted by Gasteiger charge is 2.10. The van der Waals surface area contributed by atoms with Crippen molar-refractivity contribution in [3.63, 3.8) is 0 Å². The third kappa shape index (κ3) is 5.62. The molecule has 152 valence electrons. The molecule has 0 fully saturated rings. The predicted octanol–water partition coefficient (Wildman–Crippen LogP) is 3.68. The minimum atomic E-state index is -0.187. The third-order valence-corrected chi connectivity index (χ3v) is 5.40. The Morgan fingerprint density at radius 3 is 2.62 bits per heavy atom. The lowest BCUT2D eigenvalue weighted by molar-refractivity contribution is -0.117. The van der Waals surface area contributed by atoms with E-state index < -0.39 is 0 Å². The number of nitrogens with zero attached hydrogens (tertiary/aromatic N) is 2. The van der Waals surface area contributed by atoms with E-state index in [1.54, 1.807) is 0 Å². The lowest BCUT2D eigenvalue weighted by Gasteiger charge is -2.06. The fraction of sp³-hybridized carbons (Fsp3) is 0.318. The minimum absolute atomic E-state index is 0.122. The van der Waals surface area contributed by atoms with Gasteiger partial charge >= 0.3 is 0 Å². The highest BCUT2D eigenvalue weighted by molar-refractivity contribution is 7.16. The Bertz CT molecular complexity index is 1080. The number of nitrogens with one attached hydrogen (secondary N) is 1. The predicted molar refractivity (Wildman–Crippen MR) is 116 cm³/mol. The van der Waals surface area contributed by atoms with Gasteiger partial charge in [-0.2, -0.15) is 4.99 Å². The van der Waals surface area contributed by atoms with E-state index in [0.29, 0.717) is 24.6 Å². The Morgan fingerprint density at radius 1 is 1.17 bits per heavy atom. The van der Waals surface area contributed by atoms with Crippen LogP contribution in [0, 0.1) is 6.92 Å². The summed E-state index contributed by atoms with van der Waals surface area (Å²) in [7, 11) is 0. The number of aryl methyl sites for hydroxylation is 1. The molecule has 0 aliphatic rings. The van der Waals surface area contributed by atoms with Crippen LogP contribution in [0.15, 0.2) is 47.5 Å². The molecule has 6 nitrogen and oxygen atoms in total. The molecule has 29 heavy (non-hydrogen) atoms. The maximum Gasteiger partial charge on any atom is 0.252 e. The van der Waals surface area contributed by atoms with E-state index in [1.807, 2.05) is 60.9 Å². The number of amides is 2. The Morgan fingerprint density at radius 2 is 1.93 bits per heavy atom. The number of carbonyl (C=O) groups is 2. The van der Waals surface area contributed by atoms with Crippen molar-refractivity contribution in [3.8, 4) is 0 Å². The van der Waals surface area contributed by atoms with Gasteiger partial charge < -0.3 is 14.6 Å². The molecule has 0 aliphatic heterocycles. The standard InChI is InChI=1S/C22H25N3O3S/c1-4-28-12-11-25-19-10-9-18(23-16(3)26)14-20(19)29-22(25)24-21(27)13-17-7-5-15(2)6-8-17/h5-10,14H,4,11-13H2,1-3H3,(H,23,26). The van der Waals surface area contributed by atoms with Crippen LogP contribution in [0.25, 0.3) is 10.2 Å². The first-order chi connectivity index (χ1) is 14.0. The van der Waals surface area contributed by atoms with Gasteiger partial charge in [-0.15, -0.1) is 0 Å². The molecular weight excluding hydrogens is 386 g/mol. The average molecular weight is 412 g/mol. The Balaban J connectivity index is 1.95. The zero-order chi connectivity index (χ0) is 20.8. The fourth-order valence-electron chi connectivity index (χ4n) is 2.98. The summed E-state index contributed by atoms with van der Waals surface area (Å²) in [6.45, 7) is 7.22. The summed E-state index contributed by atoms with van der Waals surface area (Å²) < 4.78 is 8.45. The zero-order valence-corrected chi connectivity index (χ0v) is 17.7. The molecule has 0 atom stereocenters. The van der Waals surface area contributed by atoms with E-state index >= 15 is 0 Å². The van der Waals surface area contributed by atoms with Crippen molar-refractivity contribution in [2.75, 3.05) is 18.5 Å². The summed E-state index contributed by atoms with van der Waals surface area (Å²) in [4.78, 5) is 28.9. The molecule has 2 aromatic carbocycles. The van der Waals surface area contributed by atoms with Crippen LogP contribution in [-0.4, -0.2) is 29.6 Å². The number of fused-ring (bicyclic) bond motifs is 1. The van der Waals surface area contributed by atoms with Crippen LogP contribution >= 0.6 is 11.3 Å². The van der Waals surface area contributed by atoms with E-state index in [-0.39, 0.29) is 18.2 Å². The minimum Gasteiger partial charge on any atom is -0.380 e. The number of thiazole rings is 1. The first kappa shape index (κ1) is 21.0. The van der Waals surface area contributed by atoms with Crippen molar-refractivity contribution in [2.45, 2.75) is 33.7 Å². The van der Waals surface area contributed by atoms with Gasteiger partial charge in [0, 0.05) is 25.8 Å². The van der Waals surface area contributed by atoms with Crippen LogP contribution in [0.2, 0.25) is 0 Å². The molecule has 7 heteroatoms. The molecule has 3 aromatic rings. The molecular formula is C22H25N3O3S. The lowest BCUT2D eigenvalue weighted by atomic mass is 10.1. The number of anilines is 1. The Kier molecular flexibility index (Phi) is 6.95. The quantitative estimate of drug-likeness (QED) is 0.603. The highest BCUT2D eigenvalue weighted by atomic mass is 32.1. The monoisotopic (exact) mass is 411 g/mol. The molecule has 0 radical (unpaired) electrons. The van der Waals surface area contributed by atoms with Crippen molar-refractivity contribution in [2.24, 2.45) is 4.99 Å². The first-order valence-corrected chi connectivity index (χ1v) is 10.4. The van der Waals surface area contributed by atoms with Crippen LogP contribution in [0.1, 0.15) is 25.0 Å². The van der Waals surface area contributed by atoms with E-state index in [1.165, 1.54) is 18.3 Å². The Hall–Kier alpha value is -2.77. The topological polar surface area (TPSA) is 72.7 Å². The molecule has 1 aromatic heterocycles. The molecule has 0 saturated carbocycles. The van der Waals surface area contributed by atoms with Gasteiger partial charge in [-0.05, 0) is 37.6 Å². The zero-order valence-electron chi connectivity index (χ0n) is 16.9. The third-order valence-electron chi connectivity index (χ3n) is 4.36. The summed E-state index contributed by atoms with van der Waals surface area (Å²) in [6, 6.07) is 13.6. The van der Waals surface area contributed by atoms with Crippen LogP contribution in [0.3, 0.4) is 0 Å². The molecule has 0 unspecified atom stereocenters. The van der Waals surface area contributed by atoms with Crippen LogP contribution in [-0.2, 0) is 27.3 Å². The maximum atomic E-state index is 12.6. The van der Waals surface area contributed by atoms with Crippen LogP contribution < -0.4 is 10.1 Å². The van der Waals surface area contributed by atoms with Crippen molar-refractivity contribution in [1.29, 1.82) is 0 Å². The van der Waals surface area contributed by atoms with Gasteiger partial charge in [-0.1, -0.05) is 41.2 Å². The second kappa shape index (κ2) is 9.62. The molecule has 0 spiro atoms. The normalized spacial score (nSPS) is 11.8. The van der Waals surface area contributed by atoms with E-state index in [9.17, 15) is 9.59 Å². The van der Waals surface area contributed by atoms with Crippen molar-refractivity contribution < 1.29 is 14.3 Å². The summed E-state index contributed by atoms with van der Waals surface area (Å²) >= 11 is 1.43. The van der Waals surface area contributed by atoms with Gasteiger partial charge in [-0.3, -0.25) is 9.59 Å². The van der Waals surface area contributed by atoms with Crippen LogP contribution in [0.4, 0.5) is 5.69 Å². The number of hydrogen-bond acceptors (Lipinski definition) is 4. The number of ether oxygens (including phenoxy) is 1. The van der Waals surface area contributed by atoms with Crippen LogP contribution in [0.5, 0.6) is 0 Å². The number of rotatable bonds is 7.